The number of esters is 1. The molecule has 0 radical (unpaired) electrons. The Morgan fingerprint density at radius 3 is 2.68 bits per heavy atom. The lowest BCUT2D eigenvalue weighted by Crippen LogP contribution is -2.22. The summed E-state index contributed by atoms with van der Waals surface area (Å²) in [5.41, 5.74) is 1.76. The second-order valence-electron chi connectivity index (χ2n) is 6.62. The number of pyridine rings is 1. The highest BCUT2D eigenvalue weighted by atomic mass is 16.5. The number of carbonyl (C=O) groups excluding carboxylic acids is 2. The molecule has 0 unspecified atom stereocenters. The number of ether oxygens (including phenoxy) is 1. The molecule has 0 aliphatic rings. The zero-order valence-corrected chi connectivity index (χ0v) is 16.2. The summed E-state index contributed by atoms with van der Waals surface area (Å²) < 4.78 is 8.35. The molecular weight excluding hydrogens is 360 g/mol. The van der Waals surface area contributed by atoms with Crippen molar-refractivity contribution in [2.75, 3.05) is 11.9 Å². The molecule has 9 nitrogen and oxygen atoms in total. The van der Waals surface area contributed by atoms with Gasteiger partial charge in [0.25, 0.3) is 5.91 Å². The van der Waals surface area contributed by atoms with Gasteiger partial charge in [-0.2, -0.15) is 10.2 Å². The average Bonchev–Trinajstić information content (AvgIpc) is 3.24. The summed E-state index contributed by atoms with van der Waals surface area (Å²) in [4.78, 5) is 28.9. The number of nitrogens with zero attached hydrogens (tertiary/aromatic N) is 5. The van der Waals surface area contributed by atoms with E-state index in [9.17, 15) is 9.59 Å². The van der Waals surface area contributed by atoms with E-state index in [-0.39, 0.29) is 5.92 Å². The molecule has 0 atom stereocenters. The number of rotatable bonds is 6. The summed E-state index contributed by atoms with van der Waals surface area (Å²) in [6.07, 6.45) is 3.10. The number of amides is 1. The van der Waals surface area contributed by atoms with Crippen LogP contribution < -0.4 is 5.32 Å². The van der Waals surface area contributed by atoms with Crippen molar-refractivity contribution in [3.63, 3.8) is 0 Å². The largest absolute Gasteiger partial charge is 0.452 e. The van der Waals surface area contributed by atoms with Gasteiger partial charge in [0.1, 0.15) is 11.4 Å². The topological polar surface area (TPSA) is 104 Å². The highest BCUT2D eigenvalue weighted by molar-refractivity contribution is 5.95. The van der Waals surface area contributed by atoms with Gasteiger partial charge in [-0.05, 0) is 25.0 Å². The van der Waals surface area contributed by atoms with E-state index in [4.69, 9.17) is 4.74 Å². The summed E-state index contributed by atoms with van der Waals surface area (Å²) in [7, 11) is 1.72. The van der Waals surface area contributed by atoms with Gasteiger partial charge in [-0.1, -0.05) is 19.9 Å². The van der Waals surface area contributed by atoms with Crippen LogP contribution >= 0.6 is 0 Å². The summed E-state index contributed by atoms with van der Waals surface area (Å²) in [5.74, 6) is 0.0824. The van der Waals surface area contributed by atoms with Crippen LogP contribution in [0.3, 0.4) is 0 Å². The van der Waals surface area contributed by atoms with Crippen molar-refractivity contribution in [3.05, 3.63) is 53.6 Å². The molecule has 3 rings (SSSR count). The van der Waals surface area contributed by atoms with Crippen molar-refractivity contribution in [2.24, 2.45) is 7.05 Å². The van der Waals surface area contributed by atoms with Crippen molar-refractivity contribution in [1.29, 1.82) is 0 Å². The van der Waals surface area contributed by atoms with Gasteiger partial charge in [-0.15, -0.1) is 0 Å². The van der Waals surface area contributed by atoms with E-state index in [1.807, 2.05) is 26.8 Å². The molecule has 0 fully saturated rings. The van der Waals surface area contributed by atoms with Crippen LogP contribution in [0.15, 0.2) is 36.7 Å². The van der Waals surface area contributed by atoms with Crippen molar-refractivity contribution >= 4 is 17.7 Å². The third-order valence-corrected chi connectivity index (χ3v) is 4.04. The van der Waals surface area contributed by atoms with E-state index in [0.717, 1.165) is 5.69 Å². The fourth-order valence-electron chi connectivity index (χ4n) is 2.85. The fourth-order valence-corrected chi connectivity index (χ4v) is 2.85. The maximum absolute atomic E-state index is 12.5. The molecule has 0 saturated heterocycles. The lowest BCUT2D eigenvalue weighted by Gasteiger charge is -2.12. The molecule has 0 saturated carbocycles. The Kier molecular flexibility index (Phi) is 5.53. The molecule has 3 heterocycles. The molecule has 1 amide bonds. The Hall–Kier alpha value is -3.49. The van der Waals surface area contributed by atoms with Crippen LogP contribution in [-0.4, -0.2) is 43.0 Å². The SMILES string of the molecule is Cc1cc(NC(=O)COC(=O)c2cnn(-c3ccccn3)c2C(C)C)n(C)n1. The second kappa shape index (κ2) is 8.03. The average molecular weight is 382 g/mol. The molecule has 0 aliphatic heterocycles. The van der Waals surface area contributed by atoms with Gasteiger partial charge in [0.15, 0.2) is 12.4 Å². The summed E-state index contributed by atoms with van der Waals surface area (Å²) in [5, 5.41) is 11.1. The summed E-state index contributed by atoms with van der Waals surface area (Å²) in [6.45, 7) is 5.31. The Morgan fingerprint density at radius 2 is 2.07 bits per heavy atom. The van der Waals surface area contributed by atoms with Gasteiger partial charge in [-0.3, -0.25) is 9.48 Å². The highest BCUT2D eigenvalue weighted by Crippen LogP contribution is 2.23. The molecule has 28 heavy (non-hydrogen) atoms. The number of carbonyl (C=O) groups is 2. The lowest BCUT2D eigenvalue weighted by molar-refractivity contribution is -0.119. The van der Waals surface area contributed by atoms with Crippen molar-refractivity contribution in [2.45, 2.75) is 26.7 Å². The minimum absolute atomic E-state index is 0.00157. The zero-order chi connectivity index (χ0) is 20.3. The van der Waals surface area contributed by atoms with Crippen molar-refractivity contribution in [3.8, 4) is 5.82 Å². The van der Waals surface area contributed by atoms with Gasteiger partial charge < -0.3 is 10.1 Å². The Bertz CT molecular complexity index is 991. The first kappa shape index (κ1) is 19.3. The van der Waals surface area contributed by atoms with Gasteiger partial charge in [0, 0.05) is 19.3 Å². The Morgan fingerprint density at radius 1 is 1.29 bits per heavy atom. The van der Waals surface area contributed by atoms with Crippen LogP contribution in [0, 0.1) is 6.92 Å². The number of nitrogens with one attached hydrogen (secondary N) is 1. The highest BCUT2D eigenvalue weighted by Gasteiger charge is 2.23. The zero-order valence-electron chi connectivity index (χ0n) is 16.2. The molecule has 1 N–H and O–H groups in total. The molecule has 0 spiro atoms. The molecule has 0 aromatic carbocycles. The fraction of sp³-hybridized carbons (Fsp3) is 0.316. The second-order valence-corrected chi connectivity index (χ2v) is 6.62. The van der Waals surface area contributed by atoms with Crippen molar-refractivity contribution < 1.29 is 14.3 Å². The van der Waals surface area contributed by atoms with Crippen LogP contribution in [0.1, 0.15) is 41.5 Å². The number of anilines is 1. The van der Waals surface area contributed by atoms with E-state index in [0.29, 0.717) is 22.9 Å². The molecule has 0 aliphatic carbocycles. The molecule has 3 aromatic heterocycles. The molecule has 0 bridgehead atoms. The van der Waals surface area contributed by atoms with Crippen LogP contribution in [0.5, 0.6) is 0 Å². The van der Waals surface area contributed by atoms with Gasteiger partial charge in [0.05, 0.1) is 17.6 Å². The van der Waals surface area contributed by atoms with Gasteiger partial charge in [-0.25, -0.2) is 14.5 Å². The molecule has 146 valence electrons. The first-order valence-electron chi connectivity index (χ1n) is 8.83. The third-order valence-electron chi connectivity index (χ3n) is 4.04. The van der Waals surface area contributed by atoms with Gasteiger partial charge in [0.2, 0.25) is 0 Å². The molecular formula is C19H22N6O3. The third kappa shape index (κ3) is 4.08. The minimum atomic E-state index is -0.609. The van der Waals surface area contributed by atoms with Crippen LogP contribution in [-0.2, 0) is 16.6 Å². The molecule has 9 heteroatoms. The first-order valence-corrected chi connectivity index (χ1v) is 8.83. The van der Waals surface area contributed by atoms with E-state index < -0.39 is 18.5 Å². The number of hydrogen-bond donors (Lipinski definition) is 1. The number of aryl methyl sites for hydroxylation is 2. The maximum atomic E-state index is 12.5. The van der Waals surface area contributed by atoms with Crippen molar-refractivity contribution in [1.82, 2.24) is 24.5 Å². The van der Waals surface area contributed by atoms with E-state index in [1.54, 1.807) is 40.8 Å². The number of aromatic nitrogens is 5. The van der Waals surface area contributed by atoms with Crippen LogP contribution in [0.25, 0.3) is 5.82 Å². The van der Waals surface area contributed by atoms with Gasteiger partial charge >= 0.3 is 5.97 Å². The summed E-state index contributed by atoms with van der Waals surface area (Å²) >= 11 is 0. The predicted molar refractivity (Wildman–Crippen MR) is 102 cm³/mol. The Balaban J connectivity index is 1.71. The number of hydrogen-bond acceptors (Lipinski definition) is 6. The standard InChI is InChI=1S/C19H22N6O3/c1-12(2)18-14(10-21-25(18)15-7-5-6-8-20-15)19(27)28-11-17(26)22-16-9-13(3)23-24(16)4/h5-10,12H,11H2,1-4H3,(H,22,26). The maximum Gasteiger partial charge on any atom is 0.342 e. The summed E-state index contributed by atoms with van der Waals surface area (Å²) in [6, 6.07) is 7.18. The molecule has 3 aromatic rings. The lowest BCUT2D eigenvalue weighted by atomic mass is 10.1. The minimum Gasteiger partial charge on any atom is -0.452 e. The van der Waals surface area contributed by atoms with E-state index in [1.165, 1.54) is 6.20 Å². The van der Waals surface area contributed by atoms with Crippen LogP contribution in [0.4, 0.5) is 5.82 Å². The van der Waals surface area contributed by atoms with E-state index >= 15 is 0 Å². The first-order chi connectivity index (χ1) is 13.4. The van der Waals surface area contributed by atoms with Crippen LogP contribution in [0.2, 0.25) is 0 Å². The predicted octanol–water partition coefficient (Wildman–Crippen LogP) is 2.23. The van der Waals surface area contributed by atoms with E-state index in [2.05, 4.69) is 20.5 Å². The Labute approximate surface area is 162 Å². The monoisotopic (exact) mass is 382 g/mol. The normalized spacial score (nSPS) is 10.9. The smallest absolute Gasteiger partial charge is 0.342 e. The quantitative estimate of drug-likeness (QED) is 0.656.